The molecule has 0 spiro atoms. The maximum atomic E-state index is 10.3. The van der Waals surface area contributed by atoms with Crippen molar-refractivity contribution in [3.63, 3.8) is 0 Å². The molecule has 4 nitrogen and oxygen atoms in total. The third-order valence-electron chi connectivity index (χ3n) is 2.52. The molecule has 5 heteroatoms. The molecule has 2 heterocycles. The first-order valence-corrected chi connectivity index (χ1v) is 6.05. The van der Waals surface area contributed by atoms with Gasteiger partial charge in [0, 0.05) is 27.7 Å². The molecule has 0 aliphatic rings. The Kier molecular flexibility index (Phi) is 3.40. The Hall–Kier alpha value is -1.46. The summed E-state index contributed by atoms with van der Waals surface area (Å²) >= 11 is 1.66. The van der Waals surface area contributed by atoms with Crippen molar-refractivity contribution in [2.24, 2.45) is 0 Å². The van der Waals surface area contributed by atoms with Gasteiger partial charge in [-0.15, -0.1) is 11.3 Å². The standard InChI is InChI=1S/C12H14N2O2S/c1-7-6-9(8(2)17-7)11(15)10-12(16-3)14-5-4-13-10/h4-6,11,15H,1-3H3. The number of thiophene rings is 1. The van der Waals surface area contributed by atoms with Crippen LogP contribution in [-0.2, 0) is 0 Å². The highest BCUT2D eigenvalue weighted by Gasteiger charge is 2.20. The molecule has 1 unspecified atom stereocenters. The van der Waals surface area contributed by atoms with Gasteiger partial charge >= 0.3 is 0 Å². The molecule has 0 aliphatic heterocycles. The summed E-state index contributed by atoms with van der Waals surface area (Å²) in [5.41, 5.74) is 1.32. The quantitative estimate of drug-likeness (QED) is 0.907. The number of methoxy groups -OCH3 is 1. The summed E-state index contributed by atoms with van der Waals surface area (Å²) in [6.45, 7) is 4.00. The first kappa shape index (κ1) is 12.0. The Morgan fingerprint density at radius 2 is 2.00 bits per heavy atom. The molecule has 0 aromatic carbocycles. The number of hydrogen-bond donors (Lipinski definition) is 1. The number of aryl methyl sites for hydroxylation is 2. The van der Waals surface area contributed by atoms with E-state index >= 15 is 0 Å². The molecule has 2 aromatic heterocycles. The molecule has 90 valence electrons. The van der Waals surface area contributed by atoms with Gasteiger partial charge in [-0.2, -0.15) is 0 Å². The summed E-state index contributed by atoms with van der Waals surface area (Å²) in [5, 5.41) is 10.3. The highest BCUT2D eigenvalue weighted by atomic mass is 32.1. The van der Waals surface area contributed by atoms with E-state index in [0.29, 0.717) is 11.6 Å². The monoisotopic (exact) mass is 250 g/mol. The van der Waals surface area contributed by atoms with Crippen LogP contribution in [0, 0.1) is 13.8 Å². The third kappa shape index (κ3) is 2.30. The molecule has 0 saturated heterocycles. The van der Waals surface area contributed by atoms with Gasteiger partial charge in [0.2, 0.25) is 5.88 Å². The van der Waals surface area contributed by atoms with Crippen molar-refractivity contribution in [1.82, 2.24) is 9.97 Å². The summed E-state index contributed by atoms with van der Waals surface area (Å²) in [6.07, 6.45) is 2.31. The number of rotatable bonds is 3. The highest BCUT2D eigenvalue weighted by molar-refractivity contribution is 7.12. The molecule has 2 rings (SSSR count). The number of aliphatic hydroxyl groups excluding tert-OH is 1. The van der Waals surface area contributed by atoms with Gasteiger partial charge in [0.25, 0.3) is 0 Å². The summed E-state index contributed by atoms with van der Waals surface area (Å²) in [6, 6.07) is 1.97. The van der Waals surface area contributed by atoms with Crippen molar-refractivity contribution >= 4 is 11.3 Å². The van der Waals surface area contributed by atoms with Gasteiger partial charge in [0.1, 0.15) is 11.8 Å². The SMILES string of the molecule is COc1nccnc1C(O)c1cc(C)sc1C. The molecule has 1 atom stereocenters. The fourth-order valence-electron chi connectivity index (χ4n) is 1.75. The van der Waals surface area contributed by atoms with Gasteiger partial charge in [0.15, 0.2) is 0 Å². The molecule has 0 bridgehead atoms. The van der Waals surface area contributed by atoms with Crippen molar-refractivity contribution in [3.05, 3.63) is 39.5 Å². The molecular formula is C12H14N2O2S. The Morgan fingerprint density at radius 1 is 1.29 bits per heavy atom. The van der Waals surface area contributed by atoms with E-state index in [-0.39, 0.29) is 0 Å². The predicted molar refractivity (Wildman–Crippen MR) is 66.4 cm³/mol. The summed E-state index contributed by atoms with van der Waals surface area (Å²) in [5.74, 6) is 0.364. The highest BCUT2D eigenvalue weighted by Crippen LogP contribution is 2.32. The first-order valence-electron chi connectivity index (χ1n) is 5.23. The molecule has 0 amide bonds. The van der Waals surface area contributed by atoms with E-state index < -0.39 is 6.10 Å². The second-order valence-corrected chi connectivity index (χ2v) is 5.18. The van der Waals surface area contributed by atoms with Crippen LogP contribution in [0.3, 0.4) is 0 Å². The molecular weight excluding hydrogens is 236 g/mol. The lowest BCUT2D eigenvalue weighted by molar-refractivity contribution is 0.207. The fourth-order valence-corrected chi connectivity index (χ4v) is 2.71. The summed E-state index contributed by atoms with van der Waals surface area (Å²) < 4.78 is 5.10. The van der Waals surface area contributed by atoms with Crippen molar-refractivity contribution in [2.45, 2.75) is 20.0 Å². The van der Waals surface area contributed by atoms with Crippen LogP contribution in [0.25, 0.3) is 0 Å². The van der Waals surface area contributed by atoms with Gasteiger partial charge in [-0.25, -0.2) is 4.98 Å². The fraction of sp³-hybridized carbons (Fsp3) is 0.333. The molecule has 2 aromatic rings. The van der Waals surface area contributed by atoms with Crippen LogP contribution >= 0.6 is 11.3 Å². The topological polar surface area (TPSA) is 55.2 Å². The summed E-state index contributed by atoms with van der Waals surface area (Å²) in [4.78, 5) is 10.4. The predicted octanol–water partition coefficient (Wildman–Crippen LogP) is 2.25. The number of ether oxygens (including phenoxy) is 1. The number of nitrogens with zero attached hydrogens (tertiary/aromatic N) is 2. The lowest BCUT2D eigenvalue weighted by Gasteiger charge is -2.12. The Balaban J connectivity index is 2.43. The van der Waals surface area contributed by atoms with Gasteiger partial charge < -0.3 is 9.84 Å². The van der Waals surface area contributed by atoms with E-state index in [1.54, 1.807) is 23.7 Å². The average molecular weight is 250 g/mol. The lowest BCUT2D eigenvalue weighted by atomic mass is 10.1. The van der Waals surface area contributed by atoms with Crippen molar-refractivity contribution < 1.29 is 9.84 Å². The second kappa shape index (κ2) is 4.81. The normalized spacial score (nSPS) is 12.5. The molecule has 0 saturated carbocycles. The van der Waals surface area contributed by atoms with Gasteiger partial charge in [0.05, 0.1) is 7.11 Å². The number of aromatic nitrogens is 2. The molecule has 0 radical (unpaired) electrons. The number of hydrogen-bond acceptors (Lipinski definition) is 5. The van der Waals surface area contributed by atoms with Crippen molar-refractivity contribution in [2.75, 3.05) is 7.11 Å². The van der Waals surface area contributed by atoms with Crippen LogP contribution in [0.5, 0.6) is 5.88 Å². The summed E-state index contributed by atoms with van der Waals surface area (Å²) in [7, 11) is 1.52. The molecule has 0 fully saturated rings. The second-order valence-electron chi connectivity index (χ2n) is 3.72. The molecule has 17 heavy (non-hydrogen) atoms. The minimum atomic E-state index is -0.788. The maximum Gasteiger partial charge on any atom is 0.238 e. The average Bonchev–Trinajstić information content (AvgIpc) is 2.67. The Bertz CT molecular complexity index is 525. The lowest BCUT2D eigenvalue weighted by Crippen LogP contribution is -2.06. The first-order chi connectivity index (χ1) is 8.13. The van der Waals surface area contributed by atoms with E-state index in [0.717, 1.165) is 10.4 Å². The van der Waals surface area contributed by atoms with E-state index in [2.05, 4.69) is 9.97 Å². The van der Waals surface area contributed by atoms with Crippen LogP contribution in [0.1, 0.15) is 27.1 Å². The van der Waals surface area contributed by atoms with Crippen molar-refractivity contribution in [1.29, 1.82) is 0 Å². The van der Waals surface area contributed by atoms with Gasteiger partial charge in [-0.1, -0.05) is 0 Å². The van der Waals surface area contributed by atoms with Crippen LogP contribution in [0.4, 0.5) is 0 Å². The van der Waals surface area contributed by atoms with Crippen LogP contribution in [-0.4, -0.2) is 22.2 Å². The van der Waals surface area contributed by atoms with E-state index in [4.69, 9.17) is 4.74 Å². The zero-order valence-corrected chi connectivity index (χ0v) is 10.8. The maximum absolute atomic E-state index is 10.3. The van der Waals surface area contributed by atoms with Gasteiger partial charge in [-0.3, -0.25) is 4.98 Å². The largest absolute Gasteiger partial charge is 0.480 e. The van der Waals surface area contributed by atoms with Gasteiger partial charge in [-0.05, 0) is 19.9 Å². The smallest absolute Gasteiger partial charge is 0.238 e. The minimum absolute atomic E-state index is 0.364. The molecule has 0 aliphatic carbocycles. The van der Waals surface area contributed by atoms with E-state index in [1.165, 1.54) is 12.0 Å². The number of aliphatic hydroxyl groups is 1. The third-order valence-corrected chi connectivity index (χ3v) is 3.50. The van der Waals surface area contributed by atoms with Crippen molar-refractivity contribution in [3.8, 4) is 5.88 Å². The Labute approximate surface area is 104 Å². The van der Waals surface area contributed by atoms with Crippen LogP contribution in [0.15, 0.2) is 18.5 Å². The minimum Gasteiger partial charge on any atom is -0.480 e. The van der Waals surface area contributed by atoms with E-state index in [9.17, 15) is 5.11 Å². The zero-order chi connectivity index (χ0) is 12.4. The van der Waals surface area contributed by atoms with Crippen LogP contribution < -0.4 is 4.74 Å². The van der Waals surface area contributed by atoms with E-state index in [1.807, 2.05) is 19.9 Å². The zero-order valence-electron chi connectivity index (χ0n) is 9.97. The molecule has 1 N–H and O–H groups in total. The Morgan fingerprint density at radius 3 is 2.59 bits per heavy atom. The van der Waals surface area contributed by atoms with Crippen LogP contribution in [0.2, 0.25) is 0 Å².